The summed E-state index contributed by atoms with van der Waals surface area (Å²) in [5, 5.41) is 2.51. The van der Waals surface area contributed by atoms with Gasteiger partial charge in [0.1, 0.15) is 16.8 Å². The van der Waals surface area contributed by atoms with E-state index in [4.69, 9.17) is 14.2 Å². The first-order chi connectivity index (χ1) is 17.5. The summed E-state index contributed by atoms with van der Waals surface area (Å²) in [7, 11) is 1.56. The minimum absolute atomic E-state index is 0.000353. The van der Waals surface area contributed by atoms with Crippen LogP contribution in [0.1, 0.15) is 12.0 Å². The number of carbonyl (C=O) groups is 2. The molecule has 1 fully saturated rings. The van der Waals surface area contributed by atoms with Gasteiger partial charge in [0.25, 0.3) is 0 Å². The Hall–Kier alpha value is -4.05. The number of anilines is 1. The zero-order valence-electron chi connectivity index (χ0n) is 19.3. The second-order valence-corrected chi connectivity index (χ2v) is 9.24. The van der Waals surface area contributed by atoms with Gasteiger partial charge in [0, 0.05) is 12.1 Å². The van der Waals surface area contributed by atoms with E-state index in [1.54, 1.807) is 37.4 Å². The normalized spacial score (nSPS) is 17.8. The molecule has 1 unspecified atom stereocenters. The first kappa shape index (κ1) is 23.7. The molecular formula is C26H22FN3O5S. The summed E-state index contributed by atoms with van der Waals surface area (Å²) in [5.74, 6) is 0.977. The second-order valence-electron chi connectivity index (χ2n) is 8.07. The summed E-state index contributed by atoms with van der Waals surface area (Å²) in [5.41, 5.74) is 1.88. The number of nitrogens with zero attached hydrogens (tertiary/aromatic N) is 2. The van der Waals surface area contributed by atoms with Crippen LogP contribution < -0.4 is 19.5 Å². The predicted octanol–water partition coefficient (Wildman–Crippen LogP) is 4.72. The van der Waals surface area contributed by atoms with Crippen molar-refractivity contribution < 1.29 is 28.2 Å². The highest BCUT2D eigenvalue weighted by atomic mass is 32.2. The van der Waals surface area contributed by atoms with Crippen LogP contribution in [0.2, 0.25) is 0 Å². The Labute approximate surface area is 211 Å². The van der Waals surface area contributed by atoms with Crippen molar-refractivity contribution in [1.82, 2.24) is 4.90 Å². The minimum Gasteiger partial charge on any atom is -0.497 e. The molecule has 0 aromatic heterocycles. The van der Waals surface area contributed by atoms with Gasteiger partial charge in [0.2, 0.25) is 18.6 Å². The summed E-state index contributed by atoms with van der Waals surface area (Å²) < 4.78 is 29.4. The molecule has 36 heavy (non-hydrogen) atoms. The third-order valence-electron chi connectivity index (χ3n) is 5.62. The summed E-state index contributed by atoms with van der Waals surface area (Å²) >= 11 is 1.19. The molecule has 1 atom stereocenters. The van der Waals surface area contributed by atoms with Gasteiger partial charge in [-0.3, -0.25) is 14.5 Å². The van der Waals surface area contributed by atoms with Crippen molar-refractivity contribution in [2.24, 2.45) is 4.99 Å². The van der Waals surface area contributed by atoms with E-state index in [0.29, 0.717) is 33.8 Å². The maximum Gasteiger partial charge on any atom is 0.238 e. The second kappa shape index (κ2) is 10.3. The van der Waals surface area contributed by atoms with Crippen LogP contribution in [0.5, 0.6) is 17.2 Å². The minimum atomic E-state index is -0.688. The van der Waals surface area contributed by atoms with Crippen molar-refractivity contribution in [3.05, 3.63) is 78.1 Å². The lowest BCUT2D eigenvalue weighted by molar-refractivity contribution is -0.129. The highest BCUT2D eigenvalue weighted by molar-refractivity contribution is 8.15. The molecule has 1 saturated heterocycles. The van der Waals surface area contributed by atoms with Gasteiger partial charge in [-0.15, -0.1) is 0 Å². The summed E-state index contributed by atoms with van der Waals surface area (Å²) in [6, 6.07) is 18.0. The number of benzene rings is 3. The molecule has 1 N–H and O–H groups in total. The van der Waals surface area contributed by atoms with Crippen molar-refractivity contribution in [2.45, 2.75) is 18.2 Å². The number of rotatable bonds is 6. The molecular weight excluding hydrogens is 485 g/mol. The fourth-order valence-corrected chi connectivity index (χ4v) is 4.84. The number of amides is 2. The van der Waals surface area contributed by atoms with E-state index in [0.717, 1.165) is 5.56 Å². The summed E-state index contributed by atoms with van der Waals surface area (Å²) in [6.07, 6.45) is -0.000353. The molecule has 0 saturated carbocycles. The molecule has 2 heterocycles. The van der Waals surface area contributed by atoms with Gasteiger partial charge in [0.05, 0.1) is 19.3 Å². The fourth-order valence-electron chi connectivity index (χ4n) is 3.74. The van der Waals surface area contributed by atoms with Crippen molar-refractivity contribution >= 4 is 40.1 Å². The number of halogens is 1. The first-order valence-electron chi connectivity index (χ1n) is 11.1. The fraction of sp³-hybridized carbons (Fsp3) is 0.192. The molecule has 2 amide bonds. The number of hydrogen-bond acceptors (Lipinski definition) is 7. The monoisotopic (exact) mass is 507 g/mol. The number of ether oxygens (including phenoxy) is 3. The zero-order valence-corrected chi connectivity index (χ0v) is 20.1. The van der Waals surface area contributed by atoms with Crippen LogP contribution in [-0.2, 0) is 16.1 Å². The highest BCUT2D eigenvalue weighted by Gasteiger charge is 2.36. The molecule has 3 aromatic rings. The average Bonchev–Trinajstić information content (AvgIpc) is 3.35. The molecule has 2 aliphatic heterocycles. The molecule has 8 nitrogen and oxygen atoms in total. The Bertz CT molecular complexity index is 1310. The van der Waals surface area contributed by atoms with Crippen LogP contribution in [-0.4, -0.2) is 41.0 Å². The van der Waals surface area contributed by atoms with Gasteiger partial charge in [0.15, 0.2) is 16.7 Å². The van der Waals surface area contributed by atoms with E-state index in [1.807, 2.05) is 12.1 Å². The summed E-state index contributed by atoms with van der Waals surface area (Å²) in [4.78, 5) is 32.4. The van der Waals surface area contributed by atoms with Crippen molar-refractivity contribution in [3.63, 3.8) is 0 Å². The zero-order chi connectivity index (χ0) is 25.1. The molecule has 3 aromatic carbocycles. The Balaban J connectivity index is 1.38. The van der Waals surface area contributed by atoms with Gasteiger partial charge in [-0.1, -0.05) is 17.8 Å². The van der Waals surface area contributed by atoms with Crippen LogP contribution in [0.3, 0.4) is 0 Å². The van der Waals surface area contributed by atoms with Gasteiger partial charge < -0.3 is 19.5 Å². The van der Waals surface area contributed by atoms with Crippen molar-refractivity contribution in [1.29, 1.82) is 0 Å². The maximum absolute atomic E-state index is 13.4. The number of thioether (sulfide) groups is 1. The van der Waals surface area contributed by atoms with Crippen LogP contribution in [0.25, 0.3) is 0 Å². The lowest BCUT2D eigenvalue weighted by atomic mass is 10.1. The number of amidine groups is 1. The summed E-state index contributed by atoms with van der Waals surface area (Å²) in [6.45, 7) is 0.384. The third kappa shape index (κ3) is 5.28. The van der Waals surface area contributed by atoms with Crippen LogP contribution in [0.15, 0.2) is 71.7 Å². The van der Waals surface area contributed by atoms with E-state index < -0.39 is 5.25 Å². The standard InChI is InChI=1S/C26H22FN3O5S/c1-33-20-9-7-18(8-10-20)28-25(32)23-13-24(31)30(14-16-2-11-21-22(12-16)35-15-34-21)26(36-23)29-19-5-3-17(27)4-6-19/h2-12,23H,13-15H2,1H3,(H,28,32). The number of aliphatic imine (C=N–C) groups is 1. The highest BCUT2D eigenvalue weighted by Crippen LogP contribution is 2.35. The lowest BCUT2D eigenvalue weighted by Crippen LogP contribution is -2.44. The largest absolute Gasteiger partial charge is 0.497 e. The lowest BCUT2D eigenvalue weighted by Gasteiger charge is -2.32. The molecule has 0 aliphatic carbocycles. The van der Waals surface area contributed by atoms with Crippen molar-refractivity contribution in [3.8, 4) is 17.2 Å². The van der Waals surface area contributed by atoms with Crippen LogP contribution in [0.4, 0.5) is 15.8 Å². The number of hydrogen-bond donors (Lipinski definition) is 1. The van der Waals surface area contributed by atoms with E-state index in [-0.39, 0.29) is 37.4 Å². The van der Waals surface area contributed by atoms with Gasteiger partial charge >= 0.3 is 0 Å². The molecule has 5 rings (SSSR count). The Morgan fingerprint density at radius 1 is 1.11 bits per heavy atom. The van der Waals surface area contributed by atoms with Gasteiger partial charge in [-0.2, -0.15) is 0 Å². The van der Waals surface area contributed by atoms with E-state index in [1.165, 1.54) is 40.9 Å². The van der Waals surface area contributed by atoms with Crippen LogP contribution >= 0.6 is 11.8 Å². The SMILES string of the molecule is COc1ccc(NC(=O)C2CC(=O)N(Cc3ccc4c(c3)OCO4)C(=Nc3ccc(F)cc3)S2)cc1. The maximum atomic E-state index is 13.4. The molecule has 0 bridgehead atoms. The topological polar surface area (TPSA) is 89.5 Å². The average molecular weight is 508 g/mol. The quantitative estimate of drug-likeness (QED) is 0.519. The Kier molecular flexibility index (Phi) is 6.77. The molecule has 184 valence electrons. The number of fused-ring (bicyclic) bond motifs is 1. The molecule has 0 spiro atoms. The smallest absolute Gasteiger partial charge is 0.238 e. The number of nitrogens with one attached hydrogen (secondary N) is 1. The molecule has 0 radical (unpaired) electrons. The van der Waals surface area contributed by atoms with Crippen molar-refractivity contribution in [2.75, 3.05) is 19.2 Å². The third-order valence-corrected chi connectivity index (χ3v) is 6.81. The predicted molar refractivity (Wildman–Crippen MR) is 134 cm³/mol. The Morgan fingerprint density at radius 3 is 2.61 bits per heavy atom. The molecule has 2 aliphatic rings. The van der Waals surface area contributed by atoms with Crippen LogP contribution in [0, 0.1) is 5.82 Å². The van der Waals surface area contributed by atoms with E-state index in [9.17, 15) is 14.0 Å². The van der Waals surface area contributed by atoms with Gasteiger partial charge in [-0.25, -0.2) is 9.38 Å². The Morgan fingerprint density at radius 2 is 1.86 bits per heavy atom. The first-order valence-corrected chi connectivity index (χ1v) is 12.0. The van der Waals surface area contributed by atoms with E-state index >= 15 is 0 Å². The number of methoxy groups -OCH3 is 1. The van der Waals surface area contributed by atoms with Gasteiger partial charge in [-0.05, 0) is 66.2 Å². The number of carbonyl (C=O) groups excluding carboxylic acids is 2. The van der Waals surface area contributed by atoms with E-state index in [2.05, 4.69) is 10.3 Å². The molecule has 10 heteroatoms.